The van der Waals surface area contributed by atoms with Crippen LogP contribution in [0.5, 0.6) is 0 Å². The number of H-pyrrole nitrogens is 1. The van der Waals surface area contributed by atoms with Crippen molar-refractivity contribution in [2.75, 3.05) is 6.54 Å². The van der Waals surface area contributed by atoms with E-state index in [-0.39, 0.29) is 5.91 Å². The quantitative estimate of drug-likeness (QED) is 0.834. The molecule has 0 unspecified atom stereocenters. The molecule has 1 heterocycles. The van der Waals surface area contributed by atoms with E-state index in [1.165, 1.54) is 0 Å². The Balaban J connectivity index is 2.14. The zero-order valence-corrected chi connectivity index (χ0v) is 11.7. The lowest BCUT2D eigenvalue weighted by molar-refractivity contribution is 0.0954. The number of nitrogens with one attached hydrogen (secondary N) is 2. The molecule has 2 rings (SSSR count). The van der Waals surface area contributed by atoms with Crippen LogP contribution in [-0.2, 0) is 0 Å². The molecule has 6 heteroatoms. The Bertz CT molecular complexity index is 552. The number of aromatic amines is 1. The van der Waals surface area contributed by atoms with Crippen LogP contribution < -0.4 is 5.32 Å². The first-order chi connectivity index (χ1) is 8.72. The van der Waals surface area contributed by atoms with E-state index in [1.807, 2.05) is 6.07 Å². The fraction of sp³-hybridized carbons (Fsp3) is 0.417. The van der Waals surface area contributed by atoms with Gasteiger partial charge in [-0.3, -0.25) is 4.79 Å². The Morgan fingerprint density at radius 2 is 2.22 bits per heavy atom. The second-order valence-corrected chi connectivity index (χ2v) is 5.02. The summed E-state index contributed by atoms with van der Waals surface area (Å²) in [5, 5.41) is 13.4. The number of unbranched alkanes of at least 4 members (excludes halogenated alkanes) is 2. The van der Waals surface area contributed by atoms with Crippen molar-refractivity contribution < 1.29 is 4.79 Å². The summed E-state index contributed by atoms with van der Waals surface area (Å²) < 4.78 is 0.822. The molecule has 0 aliphatic carbocycles. The molecule has 2 aromatic rings. The zero-order chi connectivity index (χ0) is 13.0. The van der Waals surface area contributed by atoms with Gasteiger partial charge in [0.2, 0.25) is 0 Å². The lowest BCUT2D eigenvalue weighted by Gasteiger charge is -2.05. The minimum absolute atomic E-state index is 0.105. The summed E-state index contributed by atoms with van der Waals surface area (Å²) in [6.45, 7) is 2.83. The minimum atomic E-state index is -0.105. The highest BCUT2D eigenvalue weighted by Crippen LogP contribution is 2.20. The van der Waals surface area contributed by atoms with E-state index in [1.54, 1.807) is 6.07 Å². The van der Waals surface area contributed by atoms with Crippen LogP contribution in [0.25, 0.3) is 11.0 Å². The van der Waals surface area contributed by atoms with Crippen LogP contribution >= 0.6 is 15.9 Å². The summed E-state index contributed by atoms with van der Waals surface area (Å²) in [7, 11) is 0. The summed E-state index contributed by atoms with van der Waals surface area (Å²) in [6.07, 6.45) is 3.26. The Morgan fingerprint density at radius 3 is 3.00 bits per heavy atom. The van der Waals surface area contributed by atoms with E-state index < -0.39 is 0 Å². The van der Waals surface area contributed by atoms with Crippen molar-refractivity contribution in [3.05, 3.63) is 22.2 Å². The van der Waals surface area contributed by atoms with Gasteiger partial charge in [0, 0.05) is 11.0 Å². The maximum atomic E-state index is 12.1. The van der Waals surface area contributed by atoms with Crippen molar-refractivity contribution in [3.63, 3.8) is 0 Å². The molecule has 0 aliphatic rings. The first-order valence-electron chi connectivity index (χ1n) is 6.00. The van der Waals surface area contributed by atoms with Crippen LogP contribution in [0.15, 0.2) is 16.6 Å². The van der Waals surface area contributed by atoms with Gasteiger partial charge in [-0.2, -0.15) is 15.4 Å². The number of nitrogens with zero attached hydrogens (tertiary/aromatic N) is 2. The van der Waals surface area contributed by atoms with Crippen molar-refractivity contribution in [2.24, 2.45) is 0 Å². The highest BCUT2D eigenvalue weighted by atomic mass is 79.9. The topological polar surface area (TPSA) is 70.7 Å². The van der Waals surface area contributed by atoms with Crippen LogP contribution in [-0.4, -0.2) is 27.9 Å². The molecular weight excluding hydrogens is 296 g/mol. The fourth-order valence-electron chi connectivity index (χ4n) is 1.76. The zero-order valence-electron chi connectivity index (χ0n) is 10.2. The third-order valence-corrected chi connectivity index (χ3v) is 3.16. The molecule has 1 aromatic carbocycles. The van der Waals surface area contributed by atoms with Crippen molar-refractivity contribution in [3.8, 4) is 0 Å². The second-order valence-electron chi connectivity index (χ2n) is 4.11. The molecule has 2 N–H and O–H groups in total. The number of fused-ring (bicyclic) bond motifs is 1. The van der Waals surface area contributed by atoms with E-state index in [2.05, 4.69) is 43.6 Å². The van der Waals surface area contributed by atoms with Crippen molar-refractivity contribution in [1.29, 1.82) is 0 Å². The molecule has 96 valence electrons. The Kier molecular flexibility index (Phi) is 4.30. The van der Waals surface area contributed by atoms with Gasteiger partial charge in [0.15, 0.2) is 0 Å². The van der Waals surface area contributed by atoms with Crippen molar-refractivity contribution in [1.82, 2.24) is 20.7 Å². The van der Waals surface area contributed by atoms with Crippen LogP contribution in [0.3, 0.4) is 0 Å². The Hall–Kier alpha value is -1.43. The highest BCUT2D eigenvalue weighted by molar-refractivity contribution is 9.10. The maximum Gasteiger partial charge on any atom is 0.253 e. The van der Waals surface area contributed by atoms with E-state index in [0.29, 0.717) is 23.1 Å². The van der Waals surface area contributed by atoms with Gasteiger partial charge in [-0.05, 0) is 18.6 Å². The highest BCUT2D eigenvalue weighted by Gasteiger charge is 2.13. The van der Waals surface area contributed by atoms with Gasteiger partial charge in [0.05, 0.1) is 5.56 Å². The molecule has 0 saturated carbocycles. The average molecular weight is 311 g/mol. The largest absolute Gasteiger partial charge is 0.352 e. The van der Waals surface area contributed by atoms with Gasteiger partial charge in [0.1, 0.15) is 11.0 Å². The SMILES string of the molecule is CCCCCNC(=O)c1cc(Br)cc2n[nH]nc12. The summed E-state index contributed by atoms with van der Waals surface area (Å²) in [5.41, 5.74) is 1.83. The van der Waals surface area contributed by atoms with Crippen LogP contribution in [0.1, 0.15) is 36.5 Å². The van der Waals surface area contributed by atoms with Gasteiger partial charge in [-0.25, -0.2) is 0 Å². The molecule has 0 saturated heterocycles. The molecule has 18 heavy (non-hydrogen) atoms. The van der Waals surface area contributed by atoms with Crippen molar-refractivity contribution in [2.45, 2.75) is 26.2 Å². The number of rotatable bonds is 5. The predicted octanol–water partition coefficient (Wildman–Crippen LogP) is 2.64. The number of carbonyl (C=O) groups excluding carboxylic acids is 1. The number of amides is 1. The fourth-order valence-corrected chi connectivity index (χ4v) is 2.21. The van der Waals surface area contributed by atoms with E-state index in [0.717, 1.165) is 23.7 Å². The van der Waals surface area contributed by atoms with Crippen LogP contribution in [0.2, 0.25) is 0 Å². The number of benzene rings is 1. The second kappa shape index (κ2) is 5.95. The molecule has 5 nitrogen and oxygen atoms in total. The molecule has 0 atom stereocenters. The smallest absolute Gasteiger partial charge is 0.253 e. The van der Waals surface area contributed by atoms with E-state index in [9.17, 15) is 4.79 Å². The number of halogens is 1. The van der Waals surface area contributed by atoms with Gasteiger partial charge >= 0.3 is 0 Å². The molecule has 0 fully saturated rings. The Labute approximate surface area is 113 Å². The Morgan fingerprint density at radius 1 is 1.39 bits per heavy atom. The van der Waals surface area contributed by atoms with Crippen LogP contribution in [0.4, 0.5) is 0 Å². The summed E-state index contributed by atoms with van der Waals surface area (Å²) in [4.78, 5) is 12.1. The number of hydrogen-bond acceptors (Lipinski definition) is 3. The first-order valence-corrected chi connectivity index (χ1v) is 6.80. The van der Waals surface area contributed by atoms with Crippen LogP contribution in [0, 0.1) is 0 Å². The lowest BCUT2D eigenvalue weighted by Crippen LogP contribution is -2.24. The number of aromatic nitrogens is 3. The molecule has 0 aliphatic heterocycles. The van der Waals surface area contributed by atoms with Crippen molar-refractivity contribution >= 4 is 32.9 Å². The lowest BCUT2D eigenvalue weighted by atomic mass is 10.1. The standard InChI is InChI=1S/C12H15BrN4O/c1-2-3-4-5-14-12(18)9-6-8(13)7-10-11(9)16-17-15-10/h6-7H,2-5H2,1H3,(H,14,18)(H,15,16,17). The average Bonchev–Trinajstić information content (AvgIpc) is 2.81. The van der Waals surface area contributed by atoms with Gasteiger partial charge < -0.3 is 5.32 Å². The number of hydrogen-bond donors (Lipinski definition) is 2. The maximum absolute atomic E-state index is 12.1. The molecule has 0 bridgehead atoms. The molecule has 0 spiro atoms. The normalized spacial score (nSPS) is 10.8. The predicted molar refractivity (Wildman–Crippen MR) is 73.4 cm³/mol. The minimum Gasteiger partial charge on any atom is -0.352 e. The summed E-state index contributed by atoms with van der Waals surface area (Å²) in [5.74, 6) is -0.105. The van der Waals surface area contributed by atoms with Gasteiger partial charge in [-0.15, -0.1) is 0 Å². The third-order valence-electron chi connectivity index (χ3n) is 2.70. The van der Waals surface area contributed by atoms with Gasteiger partial charge in [-0.1, -0.05) is 35.7 Å². The summed E-state index contributed by atoms with van der Waals surface area (Å²) >= 11 is 3.37. The van der Waals surface area contributed by atoms with E-state index >= 15 is 0 Å². The molecule has 0 radical (unpaired) electrons. The first kappa shape index (κ1) is 13.0. The third kappa shape index (κ3) is 2.87. The molecule has 1 amide bonds. The monoisotopic (exact) mass is 310 g/mol. The van der Waals surface area contributed by atoms with Gasteiger partial charge in [0.25, 0.3) is 5.91 Å². The summed E-state index contributed by atoms with van der Waals surface area (Å²) in [6, 6.07) is 3.59. The number of carbonyl (C=O) groups is 1. The van der Waals surface area contributed by atoms with E-state index in [4.69, 9.17) is 0 Å². The molecule has 1 aromatic heterocycles. The molecular formula is C12H15BrN4O.